The van der Waals surface area contributed by atoms with Gasteiger partial charge in [-0.15, -0.1) is 0 Å². The molecule has 1 N–H and O–H groups in total. The third kappa shape index (κ3) is 2.45. The number of methoxy groups -OCH3 is 1. The molecule has 0 saturated heterocycles. The summed E-state index contributed by atoms with van der Waals surface area (Å²) in [7, 11) is 1.58. The van der Waals surface area contributed by atoms with Gasteiger partial charge in [0.25, 0.3) is 0 Å². The van der Waals surface area contributed by atoms with E-state index in [0.29, 0.717) is 5.88 Å². The Balaban J connectivity index is 2.75. The van der Waals surface area contributed by atoms with Gasteiger partial charge >= 0.3 is 0 Å². The minimum Gasteiger partial charge on any atom is -0.481 e. The summed E-state index contributed by atoms with van der Waals surface area (Å²) in [6.07, 6.45) is 2.18. The van der Waals surface area contributed by atoms with E-state index in [9.17, 15) is 5.11 Å². The molecule has 0 spiro atoms. The highest BCUT2D eigenvalue weighted by atomic mass is 16.5. The first kappa shape index (κ1) is 11.0. The Labute approximate surface area is 84.7 Å². The zero-order chi connectivity index (χ0) is 10.6. The second kappa shape index (κ2) is 4.96. The van der Waals surface area contributed by atoms with Crippen LogP contribution in [-0.4, -0.2) is 17.2 Å². The number of pyridine rings is 1. The molecule has 0 aromatic carbocycles. The number of rotatable bonds is 4. The van der Waals surface area contributed by atoms with Crippen molar-refractivity contribution in [3.63, 3.8) is 0 Å². The Morgan fingerprint density at radius 3 is 2.64 bits per heavy atom. The number of aliphatic hydroxyl groups is 1. The van der Waals surface area contributed by atoms with Crippen molar-refractivity contribution in [3.8, 4) is 5.88 Å². The molecule has 0 aliphatic heterocycles. The van der Waals surface area contributed by atoms with Gasteiger partial charge in [0.2, 0.25) is 5.88 Å². The van der Waals surface area contributed by atoms with Crippen LogP contribution in [0.2, 0.25) is 0 Å². The van der Waals surface area contributed by atoms with E-state index in [1.54, 1.807) is 19.4 Å². The molecule has 0 aliphatic rings. The van der Waals surface area contributed by atoms with Gasteiger partial charge in [-0.1, -0.05) is 20.3 Å². The summed E-state index contributed by atoms with van der Waals surface area (Å²) in [5.74, 6) is 0.829. The standard InChI is InChI=1S/C11H17NO2/c1-4-8(2)11(13)9-5-6-10(14-3)12-7-9/h5-8,11,13H,4H2,1-3H3/t8-,11+/m1/s1. The smallest absolute Gasteiger partial charge is 0.212 e. The van der Waals surface area contributed by atoms with Crippen LogP contribution in [0.25, 0.3) is 0 Å². The van der Waals surface area contributed by atoms with Crippen LogP contribution >= 0.6 is 0 Å². The fourth-order valence-corrected chi connectivity index (χ4v) is 1.24. The molecule has 0 amide bonds. The third-order valence-corrected chi connectivity index (χ3v) is 2.49. The Hall–Kier alpha value is -1.09. The van der Waals surface area contributed by atoms with Gasteiger partial charge in [-0.25, -0.2) is 4.98 Å². The molecular weight excluding hydrogens is 178 g/mol. The Morgan fingerprint density at radius 2 is 2.21 bits per heavy atom. The summed E-state index contributed by atoms with van der Waals surface area (Å²) in [6, 6.07) is 3.61. The Bertz CT molecular complexity index is 271. The van der Waals surface area contributed by atoms with Gasteiger partial charge in [-0.05, 0) is 17.5 Å². The molecule has 3 heteroatoms. The second-order valence-electron chi connectivity index (χ2n) is 3.46. The van der Waals surface area contributed by atoms with Crippen molar-refractivity contribution >= 4 is 0 Å². The van der Waals surface area contributed by atoms with Crippen molar-refractivity contribution in [2.24, 2.45) is 5.92 Å². The van der Waals surface area contributed by atoms with Crippen molar-refractivity contribution in [1.29, 1.82) is 0 Å². The third-order valence-electron chi connectivity index (χ3n) is 2.49. The number of ether oxygens (including phenoxy) is 1. The van der Waals surface area contributed by atoms with Gasteiger partial charge in [-0.2, -0.15) is 0 Å². The maximum absolute atomic E-state index is 9.87. The molecule has 1 aromatic rings. The number of nitrogens with zero attached hydrogens (tertiary/aromatic N) is 1. The van der Waals surface area contributed by atoms with Crippen LogP contribution < -0.4 is 4.74 Å². The van der Waals surface area contributed by atoms with Crippen LogP contribution in [-0.2, 0) is 0 Å². The largest absolute Gasteiger partial charge is 0.481 e. The predicted molar refractivity (Wildman–Crippen MR) is 55.2 cm³/mol. The Morgan fingerprint density at radius 1 is 1.50 bits per heavy atom. The van der Waals surface area contributed by atoms with Gasteiger partial charge in [-0.3, -0.25) is 0 Å². The lowest BCUT2D eigenvalue weighted by Gasteiger charge is -2.16. The van der Waals surface area contributed by atoms with Crippen molar-refractivity contribution in [2.75, 3.05) is 7.11 Å². The van der Waals surface area contributed by atoms with E-state index in [1.165, 1.54) is 0 Å². The van der Waals surface area contributed by atoms with E-state index in [-0.39, 0.29) is 5.92 Å². The fraction of sp³-hybridized carbons (Fsp3) is 0.545. The van der Waals surface area contributed by atoms with Crippen LogP contribution in [0.3, 0.4) is 0 Å². The molecule has 0 radical (unpaired) electrons. The van der Waals surface area contributed by atoms with E-state index in [1.807, 2.05) is 13.0 Å². The molecule has 1 rings (SSSR count). The molecule has 14 heavy (non-hydrogen) atoms. The van der Waals surface area contributed by atoms with Crippen molar-refractivity contribution in [3.05, 3.63) is 23.9 Å². The first-order chi connectivity index (χ1) is 6.69. The average molecular weight is 195 g/mol. The molecule has 1 heterocycles. The summed E-state index contributed by atoms with van der Waals surface area (Å²) >= 11 is 0. The molecular formula is C11H17NO2. The van der Waals surface area contributed by atoms with Crippen LogP contribution in [0.5, 0.6) is 5.88 Å². The maximum atomic E-state index is 9.87. The van der Waals surface area contributed by atoms with Crippen LogP contribution in [0.4, 0.5) is 0 Å². The van der Waals surface area contributed by atoms with Crippen LogP contribution in [0.15, 0.2) is 18.3 Å². The topological polar surface area (TPSA) is 42.4 Å². The minimum absolute atomic E-state index is 0.255. The highest BCUT2D eigenvalue weighted by molar-refractivity contribution is 5.19. The lowest BCUT2D eigenvalue weighted by Crippen LogP contribution is -2.08. The van der Waals surface area contributed by atoms with Crippen molar-refractivity contribution in [2.45, 2.75) is 26.4 Å². The molecule has 0 unspecified atom stereocenters. The molecule has 0 bridgehead atoms. The highest BCUT2D eigenvalue weighted by Crippen LogP contribution is 2.24. The first-order valence-corrected chi connectivity index (χ1v) is 4.87. The molecule has 0 fully saturated rings. The summed E-state index contributed by atoms with van der Waals surface area (Å²) in [5.41, 5.74) is 0.847. The van der Waals surface area contributed by atoms with E-state index in [4.69, 9.17) is 4.74 Å². The van der Waals surface area contributed by atoms with Crippen molar-refractivity contribution in [1.82, 2.24) is 4.98 Å². The predicted octanol–water partition coefficient (Wildman–Crippen LogP) is 2.17. The quantitative estimate of drug-likeness (QED) is 0.800. The van der Waals surface area contributed by atoms with Gasteiger partial charge in [0.05, 0.1) is 13.2 Å². The summed E-state index contributed by atoms with van der Waals surface area (Å²) < 4.78 is 4.94. The average Bonchev–Trinajstić information content (AvgIpc) is 2.27. The zero-order valence-electron chi connectivity index (χ0n) is 8.90. The summed E-state index contributed by atoms with van der Waals surface area (Å²) in [5, 5.41) is 9.87. The minimum atomic E-state index is -0.432. The van der Waals surface area contributed by atoms with E-state index >= 15 is 0 Å². The number of aromatic nitrogens is 1. The fourth-order valence-electron chi connectivity index (χ4n) is 1.24. The maximum Gasteiger partial charge on any atom is 0.212 e. The van der Waals surface area contributed by atoms with Gasteiger partial charge < -0.3 is 9.84 Å². The first-order valence-electron chi connectivity index (χ1n) is 4.87. The summed E-state index contributed by atoms with van der Waals surface area (Å²) in [6.45, 7) is 4.08. The van der Waals surface area contributed by atoms with E-state index in [2.05, 4.69) is 11.9 Å². The molecule has 3 nitrogen and oxygen atoms in total. The lowest BCUT2D eigenvalue weighted by atomic mass is 9.97. The molecule has 78 valence electrons. The monoisotopic (exact) mass is 195 g/mol. The second-order valence-corrected chi connectivity index (χ2v) is 3.46. The number of hydrogen-bond acceptors (Lipinski definition) is 3. The molecule has 2 atom stereocenters. The van der Waals surface area contributed by atoms with Crippen LogP contribution in [0, 0.1) is 5.92 Å². The molecule has 0 aliphatic carbocycles. The van der Waals surface area contributed by atoms with Gasteiger partial charge in [0.1, 0.15) is 0 Å². The van der Waals surface area contributed by atoms with Gasteiger partial charge in [0, 0.05) is 12.3 Å². The van der Waals surface area contributed by atoms with Crippen molar-refractivity contribution < 1.29 is 9.84 Å². The molecule has 0 saturated carbocycles. The highest BCUT2D eigenvalue weighted by Gasteiger charge is 2.14. The van der Waals surface area contributed by atoms with E-state index in [0.717, 1.165) is 12.0 Å². The number of hydrogen-bond donors (Lipinski definition) is 1. The summed E-state index contributed by atoms with van der Waals surface area (Å²) in [4.78, 5) is 4.05. The van der Waals surface area contributed by atoms with E-state index < -0.39 is 6.10 Å². The SMILES string of the molecule is CC[C@@H](C)[C@H](O)c1ccc(OC)nc1. The normalized spacial score (nSPS) is 14.9. The van der Waals surface area contributed by atoms with Crippen LogP contribution in [0.1, 0.15) is 31.9 Å². The number of aliphatic hydroxyl groups excluding tert-OH is 1. The van der Waals surface area contributed by atoms with Gasteiger partial charge in [0.15, 0.2) is 0 Å². The Kier molecular flexibility index (Phi) is 3.89. The zero-order valence-corrected chi connectivity index (χ0v) is 8.90. The lowest BCUT2D eigenvalue weighted by molar-refractivity contribution is 0.115. The molecule has 1 aromatic heterocycles.